The number of aromatic amines is 2. The summed E-state index contributed by atoms with van der Waals surface area (Å²) in [6.45, 7) is 0. The largest absolute Gasteiger partial charge is 0.389 e. The summed E-state index contributed by atoms with van der Waals surface area (Å²) in [7, 11) is 0. The molecule has 0 saturated carbocycles. The first kappa shape index (κ1) is 20.7. The molecule has 0 radical (unpaired) electrons. The Kier molecular flexibility index (Phi) is 7.30. The molecule has 0 bridgehead atoms. The first-order valence-electron chi connectivity index (χ1n) is 8.00. The molecule has 2 aromatic rings. The monoisotopic (exact) mass is 390 g/mol. The Bertz CT molecular complexity index is 775. The van der Waals surface area contributed by atoms with Gasteiger partial charge in [0.25, 0.3) is 0 Å². The van der Waals surface area contributed by atoms with Gasteiger partial charge in [-0.2, -0.15) is 0 Å². The minimum absolute atomic E-state index is 0.0839. The van der Waals surface area contributed by atoms with Crippen molar-refractivity contribution in [2.75, 3.05) is 0 Å². The van der Waals surface area contributed by atoms with E-state index in [2.05, 4.69) is 29.4 Å². The predicted molar refractivity (Wildman–Crippen MR) is 91.9 cm³/mol. The van der Waals surface area contributed by atoms with Gasteiger partial charge in [-0.15, -0.1) is 0 Å². The van der Waals surface area contributed by atoms with Gasteiger partial charge in [-0.25, -0.2) is 29.1 Å². The molecular weight excluding hydrogens is 372 g/mol. The number of esters is 4. The number of nitrogens with two attached hydrogens (primary N) is 2. The highest BCUT2D eigenvalue weighted by Gasteiger charge is 2.20. The highest BCUT2D eigenvalue weighted by atomic mass is 16.6. The van der Waals surface area contributed by atoms with E-state index in [0.717, 1.165) is 0 Å². The number of carbonyl (C=O) groups excluding carboxylic acids is 4. The van der Waals surface area contributed by atoms with Gasteiger partial charge in [0.1, 0.15) is 12.1 Å². The second-order valence-electron chi connectivity index (χ2n) is 5.59. The average molecular weight is 390 g/mol. The number of imidazole rings is 2. The fourth-order valence-electron chi connectivity index (χ4n) is 1.99. The molecule has 0 amide bonds. The number of nitrogens with one attached hydrogen (secondary N) is 2. The van der Waals surface area contributed by atoms with Crippen LogP contribution in [0.15, 0.2) is 37.2 Å². The Labute approximate surface area is 158 Å². The van der Waals surface area contributed by atoms with E-state index in [1.54, 1.807) is 0 Å². The maximum Gasteiger partial charge on any atom is 0.338 e. The molecule has 12 nitrogen and oxygen atoms in total. The highest BCUT2D eigenvalue weighted by molar-refractivity contribution is 6.00. The fourth-order valence-corrected chi connectivity index (χ4v) is 1.99. The van der Waals surface area contributed by atoms with Crippen molar-refractivity contribution >= 4 is 23.9 Å². The quantitative estimate of drug-likeness (QED) is 0.228. The molecule has 0 spiro atoms. The number of nitrogens with zero attached hydrogens (tertiary/aromatic N) is 2. The molecule has 2 atom stereocenters. The van der Waals surface area contributed by atoms with Crippen LogP contribution < -0.4 is 11.5 Å². The van der Waals surface area contributed by atoms with Crippen LogP contribution in [0.5, 0.6) is 0 Å². The van der Waals surface area contributed by atoms with Crippen molar-refractivity contribution in [3.05, 3.63) is 48.6 Å². The van der Waals surface area contributed by atoms with E-state index in [-0.39, 0.29) is 12.8 Å². The van der Waals surface area contributed by atoms with Crippen LogP contribution in [0.25, 0.3) is 0 Å². The summed E-state index contributed by atoms with van der Waals surface area (Å²) in [5, 5.41) is 0. The van der Waals surface area contributed by atoms with Crippen LogP contribution >= 0.6 is 0 Å². The molecule has 0 fully saturated rings. The summed E-state index contributed by atoms with van der Waals surface area (Å²) in [5.41, 5.74) is 12.4. The molecule has 2 aromatic heterocycles. The van der Waals surface area contributed by atoms with E-state index in [0.29, 0.717) is 23.5 Å². The summed E-state index contributed by atoms with van der Waals surface area (Å²) in [5.74, 6) is -4.27. The molecule has 0 aromatic carbocycles. The van der Waals surface area contributed by atoms with Crippen molar-refractivity contribution in [3.8, 4) is 0 Å². The van der Waals surface area contributed by atoms with Crippen LogP contribution in [-0.4, -0.2) is 55.9 Å². The minimum Gasteiger partial charge on any atom is -0.389 e. The summed E-state index contributed by atoms with van der Waals surface area (Å²) in [4.78, 5) is 59.6. The van der Waals surface area contributed by atoms with Crippen molar-refractivity contribution in [1.82, 2.24) is 19.9 Å². The molecule has 2 rings (SSSR count). The maximum absolute atomic E-state index is 11.7. The third-order valence-electron chi connectivity index (χ3n) is 3.35. The first-order chi connectivity index (χ1) is 13.3. The molecule has 0 aliphatic heterocycles. The van der Waals surface area contributed by atoms with Gasteiger partial charge in [-0.1, -0.05) is 0 Å². The number of rotatable bonds is 8. The van der Waals surface area contributed by atoms with Gasteiger partial charge in [0, 0.05) is 48.8 Å². The number of aromatic nitrogens is 4. The zero-order valence-corrected chi connectivity index (χ0v) is 14.5. The van der Waals surface area contributed by atoms with Crippen molar-refractivity contribution in [2.45, 2.75) is 24.9 Å². The Morgan fingerprint density at radius 2 is 1.25 bits per heavy atom. The van der Waals surface area contributed by atoms with Gasteiger partial charge in [-0.05, 0) is 0 Å². The molecule has 12 heteroatoms. The van der Waals surface area contributed by atoms with Crippen LogP contribution in [0.1, 0.15) is 11.4 Å². The van der Waals surface area contributed by atoms with Gasteiger partial charge in [0.2, 0.25) is 0 Å². The molecule has 2 heterocycles. The number of hydrogen-bond donors (Lipinski definition) is 4. The van der Waals surface area contributed by atoms with Crippen LogP contribution in [0, 0.1) is 0 Å². The Hall–Kier alpha value is -3.64. The zero-order valence-electron chi connectivity index (χ0n) is 14.5. The first-order valence-corrected chi connectivity index (χ1v) is 8.00. The number of carbonyl (C=O) groups is 4. The average Bonchev–Trinajstić information content (AvgIpc) is 3.33. The van der Waals surface area contributed by atoms with E-state index in [1.165, 1.54) is 25.0 Å². The van der Waals surface area contributed by atoms with Gasteiger partial charge < -0.3 is 30.9 Å². The van der Waals surface area contributed by atoms with E-state index < -0.39 is 36.0 Å². The third-order valence-corrected chi connectivity index (χ3v) is 3.35. The highest BCUT2D eigenvalue weighted by Crippen LogP contribution is 2.00. The molecule has 0 aliphatic rings. The Morgan fingerprint density at radius 1 is 0.857 bits per heavy atom. The Morgan fingerprint density at radius 3 is 1.57 bits per heavy atom. The molecule has 28 heavy (non-hydrogen) atoms. The summed E-state index contributed by atoms with van der Waals surface area (Å²) in [6, 6.07) is -2.21. The number of ether oxygens (including phenoxy) is 2. The van der Waals surface area contributed by atoms with E-state index in [9.17, 15) is 19.2 Å². The maximum atomic E-state index is 11.7. The molecule has 0 unspecified atom stereocenters. The summed E-state index contributed by atoms with van der Waals surface area (Å²) < 4.78 is 8.96. The molecule has 0 aliphatic carbocycles. The van der Waals surface area contributed by atoms with Crippen LogP contribution in [0.3, 0.4) is 0 Å². The summed E-state index contributed by atoms with van der Waals surface area (Å²) >= 11 is 0. The lowest BCUT2D eigenvalue weighted by Crippen LogP contribution is -2.36. The second-order valence-corrected chi connectivity index (χ2v) is 5.59. The van der Waals surface area contributed by atoms with Crippen LogP contribution in [-0.2, 0) is 41.5 Å². The lowest BCUT2D eigenvalue weighted by atomic mass is 10.2. The number of H-pyrrole nitrogens is 2. The molecule has 148 valence electrons. The van der Waals surface area contributed by atoms with Gasteiger partial charge in [-0.3, -0.25) is 0 Å². The Balaban J connectivity index is 1.75. The number of hydrogen-bond acceptors (Lipinski definition) is 10. The van der Waals surface area contributed by atoms with Gasteiger partial charge in [0.05, 0.1) is 12.7 Å². The minimum atomic E-state index is -1.14. The normalized spacial score (nSPS) is 13.1. The van der Waals surface area contributed by atoms with Gasteiger partial charge in [0.15, 0.2) is 0 Å². The fraction of sp³-hybridized carbons (Fsp3) is 0.250. The van der Waals surface area contributed by atoms with Crippen molar-refractivity contribution in [1.29, 1.82) is 0 Å². The molecule has 0 saturated heterocycles. The standard InChI is InChI=1S/C16H18N6O6/c17-11(3-9-5-19-7-21-9)15(25)27-13(23)1-2-14(24)28-16(26)12(18)4-10-6-20-8-22-10/h1-2,5-8,11-12H,3-4,17-18H2,(H,19,21)(H,20,22)/b2-1+/t11-,12-/m0/s1. The van der Waals surface area contributed by atoms with E-state index in [1.807, 2.05) is 0 Å². The third kappa shape index (κ3) is 6.59. The lowest BCUT2D eigenvalue weighted by Gasteiger charge is -2.08. The summed E-state index contributed by atoms with van der Waals surface area (Å²) in [6.07, 6.45) is 7.21. The second kappa shape index (κ2) is 9.89. The smallest absolute Gasteiger partial charge is 0.338 e. The topological polar surface area (TPSA) is 196 Å². The van der Waals surface area contributed by atoms with Crippen molar-refractivity contribution in [3.63, 3.8) is 0 Å². The van der Waals surface area contributed by atoms with E-state index >= 15 is 0 Å². The lowest BCUT2D eigenvalue weighted by molar-refractivity contribution is -0.160. The van der Waals surface area contributed by atoms with E-state index in [4.69, 9.17) is 11.5 Å². The van der Waals surface area contributed by atoms with Crippen LogP contribution in [0.2, 0.25) is 0 Å². The zero-order chi connectivity index (χ0) is 20.5. The molecular formula is C16H18N6O6. The van der Waals surface area contributed by atoms with Crippen LogP contribution in [0.4, 0.5) is 0 Å². The molecule has 6 N–H and O–H groups in total. The van der Waals surface area contributed by atoms with Crippen molar-refractivity contribution in [2.24, 2.45) is 11.5 Å². The van der Waals surface area contributed by atoms with Gasteiger partial charge >= 0.3 is 23.9 Å². The van der Waals surface area contributed by atoms with Crippen molar-refractivity contribution < 1.29 is 28.7 Å². The predicted octanol–water partition coefficient (Wildman–Crippen LogP) is -1.73. The SMILES string of the molecule is N[C@@H](Cc1cnc[nH]1)C(=O)OC(=O)/C=C/C(=O)OC(=O)[C@@H](N)Cc1cnc[nH]1.